The van der Waals surface area contributed by atoms with Gasteiger partial charge in [-0.3, -0.25) is 4.90 Å². The van der Waals surface area contributed by atoms with Crippen LogP contribution >= 0.6 is 0 Å². The molecule has 4 nitrogen and oxygen atoms in total. The van der Waals surface area contributed by atoms with Crippen molar-refractivity contribution in [2.75, 3.05) is 26.3 Å². The fourth-order valence-corrected chi connectivity index (χ4v) is 3.39. The summed E-state index contributed by atoms with van der Waals surface area (Å²) in [4.78, 5) is 7.21. The molecule has 0 bridgehead atoms. The molecule has 0 saturated carbocycles. The van der Waals surface area contributed by atoms with Gasteiger partial charge in [0, 0.05) is 25.7 Å². The predicted octanol–water partition coefficient (Wildman–Crippen LogP) is 1.99. The second-order valence-corrected chi connectivity index (χ2v) is 5.64. The van der Waals surface area contributed by atoms with Crippen molar-refractivity contribution in [3.8, 4) is 0 Å². The largest absolute Gasteiger partial charge is 0.380 e. The van der Waals surface area contributed by atoms with Crippen LogP contribution in [0.3, 0.4) is 0 Å². The van der Waals surface area contributed by atoms with Crippen molar-refractivity contribution < 1.29 is 4.74 Å². The molecule has 2 fully saturated rings. The fourth-order valence-electron chi connectivity index (χ4n) is 3.39. The molecule has 1 aromatic carbocycles. The summed E-state index contributed by atoms with van der Waals surface area (Å²) in [6.45, 7) is 6.22. The number of aromatic nitrogens is 2. The third-order valence-corrected chi connectivity index (χ3v) is 4.45. The molecule has 2 aliphatic heterocycles. The number of fused-ring (bicyclic) bond motifs is 1. The Morgan fingerprint density at radius 2 is 2.05 bits per heavy atom. The van der Waals surface area contributed by atoms with Crippen molar-refractivity contribution in [1.82, 2.24) is 14.5 Å². The Bertz CT molecular complexity index is 594. The first kappa shape index (κ1) is 11.4. The summed E-state index contributed by atoms with van der Waals surface area (Å²) in [6, 6.07) is 9.65. The number of imidazole rings is 1. The van der Waals surface area contributed by atoms with E-state index in [2.05, 4.69) is 45.6 Å². The average molecular weight is 257 g/mol. The van der Waals surface area contributed by atoms with Crippen LogP contribution in [0, 0.1) is 6.92 Å². The van der Waals surface area contributed by atoms with Gasteiger partial charge >= 0.3 is 0 Å². The third kappa shape index (κ3) is 1.78. The number of benzene rings is 1. The highest BCUT2D eigenvalue weighted by Gasteiger charge is 2.36. The molecule has 1 aromatic heterocycles. The van der Waals surface area contributed by atoms with Gasteiger partial charge in [-0.05, 0) is 25.5 Å². The highest BCUT2D eigenvalue weighted by atomic mass is 16.5. The topological polar surface area (TPSA) is 30.3 Å². The van der Waals surface area contributed by atoms with Crippen LogP contribution in [0.15, 0.2) is 24.3 Å². The van der Waals surface area contributed by atoms with Crippen molar-refractivity contribution in [3.63, 3.8) is 0 Å². The zero-order valence-corrected chi connectivity index (χ0v) is 11.2. The second kappa shape index (κ2) is 4.32. The number of likely N-dealkylation sites (tertiary alicyclic amines) is 1. The van der Waals surface area contributed by atoms with Gasteiger partial charge in [-0.15, -0.1) is 0 Å². The van der Waals surface area contributed by atoms with E-state index in [0.29, 0.717) is 12.1 Å². The van der Waals surface area contributed by atoms with Gasteiger partial charge in [-0.2, -0.15) is 0 Å². The number of rotatable bonds is 2. The van der Waals surface area contributed by atoms with E-state index in [1.54, 1.807) is 0 Å². The third-order valence-electron chi connectivity index (χ3n) is 4.45. The number of nitrogens with zero attached hydrogens (tertiary/aromatic N) is 3. The summed E-state index contributed by atoms with van der Waals surface area (Å²) in [5, 5.41) is 0. The standard InChI is InChI=1S/C15H19N3O/c1-11-16-14-4-2-3-5-15(14)18(11)13-8-17(9-13)12-6-7-19-10-12/h2-5,12-13H,6-10H2,1H3. The molecule has 0 spiro atoms. The fraction of sp³-hybridized carbons (Fsp3) is 0.533. The van der Waals surface area contributed by atoms with Crippen molar-refractivity contribution in [1.29, 1.82) is 0 Å². The lowest BCUT2D eigenvalue weighted by Crippen LogP contribution is -2.53. The number of aryl methyl sites for hydroxylation is 1. The van der Waals surface area contributed by atoms with Crippen LogP contribution < -0.4 is 0 Å². The van der Waals surface area contributed by atoms with Crippen LogP contribution in [0.25, 0.3) is 11.0 Å². The zero-order valence-electron chi connectivity index (χ0n) is 11.2. The number of ether oxygens (including phenoxy) is 1. The van der Waals surface area contributed by atoms with Crippen molar-refractivity contribution in [2.24, 2.45) is 0 Å². The summed E-state index contributed by atoms with van der Waals surface area (Å²) in [5.41, 5.74) is 2.38. The van der Waals surface area contributed by atoms with Crippen LogP contribution in [0.4, 0.5) is 0 Å². The molecule has 2 aromatic rings. The van der Waals surface area contributed by atoms with Crippen molar-refractivity contribution >= 4 is 11.0 Å². The molecule has 0 radical (unpaired) electrons. The Hall–Kier alpha value is -1.39. The minimum Gasteiger partial charge on any atom is -0.380 e. The molecule has 4 heteroatoms. The van der Waals surface area contributed by atoms with Crippen LogP contribution in [0.2, 0.25) is 0 Å². The van der Waals surface area contributed by atoms with E-state index in [1.807, 2.05) is 0 Å². The lowest BCUT2D eigenvalue weighted by molar-refractivity contribution is 0.0515. The Balaban J connectivity index is 1.57. The molecule has 100 valence electrons. The Kier molecular flexibility index (Phi) is 2.60. The summed E-state index contributed by atoms with van der Waals surface area (Å²) >= 11 is 0. The van der Waals surface area contributed by atoms with E-state index in [9.17, 15) is 0 Å². The smallest absolute Gasteiger partial charge is 0.107 e. The predicted molar refractivity (Wildman–Crippen MR) is 74.3 cm³/mol. The van der Waals surface area contributed by atoms with Gasteiger partial charge in [0.25, 0.3) is 0 Å². The molecule has 2 aliphatic rings. The molecule has 2 saturated heterocycles. The van der Waals surface area contributed by atoms with Crippen molar-refractivity contribution in [3.05, 3.63) is 30.1 Å². The van der Waals surface area contributed by atoms with Gasteiger partial charge in [0.1, 0.15) is 5.82 Å². The van der Waals surface area contributed by atoms with E-state index >= 15 is 0 Å². The minimum atomic E-state index is 0.577. The molecule has 0 N–H and O–H groups in total. The number of hydrogen-bond acceptors (Lipinski definition) is 3. The minimum absolute atomic E-state index is 0.577. The lowest BCUT2D eigenvalue weighted by atomic mass is 10.0. The molecule has 0 amide bonds. The number of hydrogen-bond donors (Lipinski definition) is 0. The Morgan fingerprint density at radius 1 is 1.21 bits per heavy atom. The second-order valence-electron chi connectivity index (χ2n) is 5.64. The molecule has 19 heavy (non-hydrogen) atoms. The first-order chi connectivity index (χ1) is 9.33. The summed E-state index contributed by atoms with van der Waals surface area (Å²) in [6.07, 6.45) is 1.19. The molecule has 4 rings (SSSR count). The lowest BCUT2D eigenvalue weighted by Gasteiger charge is -2.43. The number of para-hydroxylation sites is 2. The first-order valence-electron chi connectivity index (χ1n) is 7.08. The van der Waals surface area contributed by atoms with Gasteiger partial charge in [-0.1, -0.05) is 12.1 Å². The van der Waals surface area contributed by atoms with Gasteiger partial charge in [0.05, 0.1) is 23.7 Å². The zero-order chi connectivity index (χ0) is 12.8. The van der Waals surface area contributed by atoms with E-state index < -0.39 is 0 Å². The maximum Gasteiger partial charge on any atom is 0.107 e. The Labute approximate surface area is 113 Å². The van der Waals surface area contributed by atoms with Crippen molar-refractivity contribution in [2.45, 2.75) is 25.4 Å². The highest BCUT2D eigenvalue weighted by molar-refractivity contribution is 5.76. The van der Waals surface area contributed by atoms with Gasteiger partial charge in [0.15, 0.2) is 0 Å². The highest BCUT2D eigenvalue weighted by Crippen LogP contribution is 2.30. The SMILES string of the molecule is Cc1nc2ccccc2n1C1CN(C2CCOC2)C1. The Morgan fingerprint density at radius 3 is 2.84 bits per heavy atom. The molecule has 1 atom stereocenters. The molecular formula is C15H19N3O. The summed E-state index contributed by atoms with van der Waals surface area (Å²) in [5.74, 6) is 1.13. The normalized spacial score (nSPS) is 25.0. The van der Waals surface area contributed by atoms with Crippen LogP contribution in [-0.4, -0.2) is 46.8 Å². The van der Waals surface area contributed by atoms with Crippen LogP contribution in [-0.2, 0) is 4.74 Å². The monoisotopic (exact) mass is 257 g/mol. The van der Waals surface area contributed by atoms with E-state index in [1.165, 1.54) is 11.9 Å². The molecule has 0 aliphatic carbocycles. The van der Waals surface area contributed by atoms with E-state index in [-0.39, 0.29) is 0 Å². The van der Waals surface area contributed by atoms with E-state index in [0.717, 1.165) is 37.6 Å². The first-order valence-corrected chi connectivity index (χ1v) is 7.08. The average Bonchev–Trinajstić information content (AvgIpc) is 2.97. The van der Waals surface area contributed by atoms with Gasteiger partial charge in [-0.25, -0.2) is 4.98 Å². The quantitative estimate of drug-likeness (QED) is 0.824. The summed E-state index contributed by atoms with van der Waals surface area (Å²) < 4.78 is 7.88. The van der Waals surface area contributed by atoms with Gasteiger partial charge < -0.3 is 9.30 Å². The maximum atomic E-state index is 5.47. The molecular weight excluding hydrogens is 238 g/mol. The molecule has 3 heterocycles. The van der Waals surface area contributed by atoms with Crippen LogP contribution in [0.5, 0.6) is 0 Å². The molecule has 1 unspecified atom stereocenters. The van der Waals surface area contributed by atoms with Gasteiger partial charge in [0.2, 0.25) is 0 Å². The maximum absolute atomic E-state index is 5.47. The van der Waals surface area contributed by atoms with E-state index in [4.69, 9.17) is 4.74 Å². The van der Waals surface area contributed by atoms with Crippen LogP contribution in [0.1, 0.15) is 18.3 Å². The summed E-state index contributed by atoms with van der Waals surface area (Å²) in [7, 11) is 0.